The first-order valence-electron chi connectivity index (χ1n) is 9.75. The van der Waals surface area contributed by atoms with Gasteiger partial charge < -0.3 is 14.8 Å². The van der Waals surface area contributed by atoms with Crippen LogP contribution in [0, 0.1) is 6.92 Å². The lowest BCUT2D eigenvalue weighted by atomic mass is 9.87. The number of hydrogen-bond donors (Lipinski definition) is 1. The number of methoxy groups -OCH3 is 2. The number of fused-ring (bicyclic) bond motifs is 1. The molecule has 1 aliphatic carbocycles. The minimum atomic E-state index is -0.608. The van der Waals surface area contributed by atoms with Crippen LogP contribution in [0.1, 0.15) is 55.6 Å². The number of nitrogens with one attached hydrogen (secondary N) is 1. The van der Waals surface area contributed by atoms with Crippen molar-refractivity contribution in [3.8, 4) is 0 Å². The van der Waals surface area contributed by atoms with Crippen molar-refractivity contribution >= 4 is 34.2 Å². The van der Waals surface area contributed by atoms with Gasteiger partial charge in [-0.2, -0.15) is 0 Å². The molecule has 3 rings (SSSR count). The molecular formula is C22H26N2O5S. The van der Waals surface area contributed by atoms with Crippen LogP contribution in [0.15, 0.2) is 24.3 Å². The van der Waals surface area contributed by atoms with Crippen molar-refractivity contribution in [3.05, 3.63) is 51.4 Å². The van der Waals surface area contributed by atoms with Crippen LogP contribution in [0.4, 0.5) is 5.00 Å². The molecule has 8 heteroatoms. The average molecular weight is 431 g/mol. The van der Waals surface area contributed by atoms with Gasteiger partial charge in [-0.25, -0.2) is 9.59 Å². The van der Waals surface area contributed by atoms with Crippen LogP contribution in [0.5, 0.6) is 0 Å². The molecule has 1 atom stereocenters. The molecule has 1 N–H and O–H groups in total. The third-order valence-electron chi connectivity index (χ3n) is 5.42. The van der Waals surface area contributed by atoms with Crippen LogP contribution in [0.25, 0.3) is 0 Å². The van der Waals surface area contributed by atoms with Crippen LogP contribution < -0.4 is 5.32 Å². The summed E-state index contributed by atoms with van der Waals surface area (Å²) in [6.45, 7) is 1.79. The van der Waals surface area contributed by atoms with E-state index in [1.165, 1.54) is 25.3 Å². The molecule has 1 unspecified atom stereocenters. The predicted octanol–water partition coefficient (Wildman–Crippen LogP) is 3.58. The molecule has 1 heterocycles. The van der Waals surface area contributed by atoms with E-state index < -0.39 is 11.9 Å². The first kappa shape index (κ1) is 22.0. The van der Waals surface area contributed by atoms with Gasteiger partial charge >= 0.3 is 11.9 Å². The quantitative estimate of drug-likeness (QED) is 0.705. The molecule has 1 aliphatic rings. The largest absolute Gasteiger partial charge is 0.465 e. The Morgan fingerprint density at radius 3 is 2.57 bits per heavy atom. The molecule has 160 valence electrons. The molecule has 0 radical (unpaired) electrons. The topological polar surface area (TPSA) is 84.9 Å². The molecule has 7 nitrogen and oxygen atoms in total. The van der Waals surface area contributed by atoms with Crippen molar-refractivity contribution in [3.63, 3.8) is 0 Å². The number of thiophene rings is 1. The van der Waals surface area contributed by atoms with E-state index in [0.717, 1.165) is 30.6 Å². The maximum absolute atomic E-state index is 12.8. The fourth-order valence-corrected chi connectivity index (χ4v) is 5.06. The Morgan fingerprint density at radius 1 is 1.17 bits per heavy atom. The highest BCUT2D eigenvalue weighted by atomic mass is 32.1. The monoisotopic (exact) mass is 430 g/mol. The van der Waals surface area contributed by atoms with E-state index >= 15 is 0 Å². The fraction of sp³-hybridized carbons (Fsp3) is 0.409. The van der Waals surface area contributed by atoms with Gasteiger partial charge in [-0.05, 0) is 49.9 Å². The normalized spacial score (nSPS) is 15.4. The van der Waals surface area contributed by atoms with Gasteiger partial charge in [-0.3, -0.25) is 9.69 Å². The average Bonchev–Trinajstić information content (AvgIpc) is 3.07. The molecule has 30 heavy (non-hydrogen) atoms. The standard InChI is InChI=1S/C22H26N2O5S/c1-13-18(21(26)28-3)20(30-19(13)22(27)29-4)23-17(25)12-24(2)16-11-7-9-14-8-5-6-10-15(14)16/h5-6,8,10,16H,7,9,11-12H2,1-4H3,(H,23,25). The van der Waals surface area contributed by atoms with Crippen molar-refractivity contribution < 1.29 is 23.9 Å². The van der Waals surface area contributed by atoms with Crippen LogP contribution in [0.2, 0.25) is 0 Å². The van der Waals surface area contributed by atoms with Crippen LogP contribution in [0.3, 0.4) is 0 Å². The molecular weight excluding hydrogens is 404 g/mol. The zero-order valence-electron chi connectivity index (χ0n) is 17.6. The maximum atomic E-state index is 12.8. The first-order chi connectivity index (χ1) is 14.4. The Morgan fingerprint density at radius 2 is 1.87 bits per heavy atom. The SMILES string of the molecule is COC(=O)c1sc(NC(=O)CN(C)C2CCCc3ccccc32)c(C(=O)OC)c1C. The zero-order valence-corrected chi connectivity index (χ0v) is 18.4. The van der Waals surface area contributed by atoms with E-state index in [-0.39, 0.29) is 28.9 Å². The third-order valence-corrected chi connectivity index (χ3v) is 6.61. The lowest BCUT2D eigenvalue weighted by Gasteiger charge is -2.32. The van der Waals surface area contributed by atoms with E-state index in [1.54, 1.807) is 6.92 Å². The highest BCUT2D eigenvalue weighted by molar-refractivity contribution is 7.18. The first-order valence-corrected chi connectivity index (χ1v) is 10.6. The number of amides is 1. The summed E-state index contributed by atoms with van der Waals surface area (Å²) in [5.41, 5.74) is 3.20. The summed E-state index contributed by atoms with van der Waals surface area (Å²) in [5.74, 6) is -1.42. The van der Waals surface area contributed by atoms with E-state index in [9.17, 15) is 14.4 Å². The molecule has 0 bridgehead atoms. The smallest absolute Gasteiger partial charge is 0.348 e. The minimum absolute atomic E-state index is 0.157. The van der Waals surface area contributed by atoms with Crippen molar-refractivity contribution in [1.29, 1.82) is 0 Å². The molecule has 1 aromatic heterocycles. The van der Waals surface area contributed by atoms with E-state index in [4.69, 9.17) is 9.47 Å². The Hall–Kier alpha value is -2.71. The van der Waals surface area contributed by atoms with Gasteiger partial charge in [-0.1, -0.05) is 24.3 Å². The van der Waals surface area contributed by atoms with Gasteiger partial charge in [0.2, 0.25) is 5.91 Å². The van der Waals surface area contributed by atoms with Gasteiger partial charge in [0.25, 0.3) is 0 Å². The lowest BCUT2D eigenvalue weighted by Crippen LogP contribution is -2.35. The number of likely N-dealkylation sites (N-methyl/N-ethyl adjacent to an activating group) is 1. The number of benzene rings is 1. The maximum Gasteiger partial charge on any atom is 0.348 e. The molecule has 0 saturated carbocycles. The summed E-state index contributed by atoms with van der Waals surface area (Å²) >= 11 is 1.02. The van der Waals surface area contributed by atoms with Crippen LogP contribution in [-0.2, 0) is 20.7 Å². The second kappa shape index (κ2) is 9.40. The molecule has 0 spiro atoms. The van der Waals surface area contributed by atoms with Crippen LogP contribution >= 0.6 is 11.3 Å². The van der Waals surface area contributed by atoms with Crippen molar-refractivity contribution in [2.75, 3.05) is 33.1 Å². The number of hydrogen-bond acceptors (Lipinski definition) is 7. The molecule has 1 amide bonds. The second-order valence-electron chi connectivity index (χ2n) is 7.31. The Balaban J connectivity index is 1.78. The number of rotatable bonds is 6. The minimum Gasteiger partial charge on any atom is -0.465 e. The highest BCUT2D eigenvalue weighted by Crippen LogP contribution is 2.35. The van der Waals surface area contributed by atoms with Gasteiger partial charge in [0.1, 0.15) is 9.88 Å². The Labute approximate surface area is 180 Å². The van der Waals surface area contributed by atoms with Gasteiger partial charge in [0, 0.05) is 6.04 Å². The number of aryl methyl sites for hydroxylation is 1. The summed E-state index contributed by atoms with van der Waals surface area (Å²) in [7, 11) is 4.46. The summed E-state index contributed by atoms with van der Waals surface area (Å²) in [5, 5.41) is 3.08. The summed E-state index contributed by atoms with van der Waals surface area (Å²) in [6.07, 6.45) is 3.12. The highest BCUT2D eigenvalue weighted by Gasteiger charge is 2.28. The molecule has 0 fully saturated rings. The molecule has 0 aliphatic heterocycles. The predicted molar refractivity (Wildman–Crippen MR) is 115 cm³/mol. The lowest BCUT2D eigenvalue weighted by molar-refractivity contribution is -0.117. The molecule has 2 aromatic rings. The number of nitrogens with zero attached hydrogens (tertiary/aromatic N) is 1. The summed E-state index contributed by atoms with van der Waals surface area (Å²) in [6, 6.07) is 8.49. The number of esters is 2. The zero-order chi connectivity index (χ0) is 21.8. The van der Waals surface area contributed by atoms with Gasteiger partial charge in [0.15, 0.2) is 0 Å². The number of anilines is 1. The second-order valence-corrected chi connectivity index (χ2v) is 8.33. The van der Waals surface area contributed by atoms with E-state index in [0.29, 0.717) is 10.6 Å². The Kier molecular flexibility index (Phi) is 6.89. The summed E-state index contributed by atoms with van der Waals surface area (Å²) in [4.78, 5) is 39.3. The number of ether oxygens (including phenoxy) is 2. The Bertz CT molecular complexity index is 968. The van der Waals surface area contributed by atoms with Gasteiger partial charge in [-0.15, -0.1) is 11.3 Å². The molecule has 1 aromatic carbocycles. The van der Waals surface area contributed by atoms with Crippen LogP contribution in [-0.4, -0.2) is 50.6 Å². The molecule has 0 saturated heterocycles. The third kappa shape index (κ3) is 4.39. The fourth-order valence-electron chi connectivity index (χ4n) is 3.93. The summed E-state index contributed by atoms with van der Waals surface area (Å²) < 4.78 is 9.61. The van der Waals surface area contributed by atoms with Crippen molar-refractivity contribution in [2.45, 2.75) is 32.2 Å². The van der Waals surface area contributed by atoms with Crippen molar-refractivity contribution in [2.24, 2.45) is 0 Å². The number of carbonyl (C=O) groups excluding carboxylic acids is 3. The van der Waals surface area contributed by atoms with Crippen molar-refractivity contribution in [1.82, 2.24) is 4.90 Å². The van der Waals surface area contributed by atoms with Gasteiger partial charge in [0.05, 0.1) is 26.3 Å². The van der Waals surface area contributed by atoms with E-state index in [1.807, 2.05) is 24.1 Å². The van der Waals surface area contributed by atoms with E-state index in [2.05, 4.69) is 17.4 Å². The number of carbonyl (C=O) groups is 3.